The van der Waals surface area contributed by atoms with Crippen molar-refractivity contribution in [2.24, 2.45) is 17.8 Å². The van der Waals surface area contributed by atoms with Gasteiger partial charge >= 0.3 is 0 Å². The Hall–Kier alpha value is -0.650. The lowest BCUT2D eigenvalue weighted by atomic mass is 10.1. The Morgan fingerprint density at radius 2 is 1.30 bits per heavy atom. The summed E-state index contributed by atoms with van der Waals surface area (Å²) < 4.78 is 16.7. The zero-order chi connectivity index (χ0) is 17.7. The molecule has 0 atom stereocenters. The predicted molar refractivity (Wildman–Crippen MR) is 93.5 cm³/mol. The number of ether oxygens (including phenoxy) is 3. The predicted octanol–water partition coefficient (Wildman–Crippen LogP) is 2.88. The molecular formula is C18H37NO4. The van der Waals surface area contributed by atoms with Gasteiger partial charge in [-0.05, 0) is 24.2 Å². The van der Waals surface area contributed by atoms with E-state index in [1.165, 1.54) is 0 Å². The van der Waals surface area contributed by atoms with Crippen LogP contribution in [0.1, 0.15) is 48.0 Å². The van der Waals surface area contributed by atoms with Crippen molar-refractivity contribution >= 4 is 5.91 Å². The summed E-state index contributed by atoms with van der Waals surface area (Å²) in [6.45, 7) is 15.7. The SMILES string of the molecule is CC(C)CCOCC(=O)NC(COCC(C)C)COCC(C)C. The van der Waals surface area contributed by atoms with Gasteiger partial charge in [0.05, 0.1) is 19.3 Å². The maximum Gasteiger partial charge on any atom is 0.246 e. The van der Waals surface area contributed by atoms with Crippen LogP contribution < -0.4 is 5.32 Å². The summed E-state index contributed by atoms with van der Waals surface area (Å²) in [6.07, 6.45) is 0.964. The van der Waals surface area contributed by atoms with Gasteiger partial charge in [0.25, 0.3) is 0 Å². The molecular weight excluding hydrogens is 294 g/mol. The van der Waals surface area contributed by atoms with E-state index < -0.39 is 0 Å². The fourth-order valence-electron chi connectivity index (χ4n) is 1.78. The van der Waals surface area contributed by atoms with Gasteiger partial charge in [0.15, 0.2) is 0 Å². The molecule has 0 aliphatic rings. The third-order valence-corrected chi connectivity index (χ3v) is 2.98. The summed E-state index contributed by atoms with van der Waals surface area (Å²) in [5.41, 5.74) is 0. The third kappa shape index (κ3) is 16.0. The minimum absolute atomic E-state index is 0.0948. The summed E-state index contributed by atoms with van der Waals surface area (Å²) >= 11 is 0. The van der Waals surface area contributed by atoms with Gasteiger partial charge < -0.3 is 19.5 Å². The van der Waals surface area contributed by atoms with E-state index in [4.69, 9.17) is 14.2 Å². The van der Waals surface area contributed by atoms with Crippen LogP contribution in [0.4, 0.5) is 0 Å². The van der Waals surface area contributed by atoms with Crippen molar-refractivity contribution in [3.8, 4) is 0 Å². The first-order valence-corrected chi connectivity index (χ1v) is 8.83. The molecule has 5 nitrogen and oxygen atoms in total. The van der Waals surface area contributed by atoms with Gasteiger partial charge in [-0.2, -0.15) is 0 Å². The molecule has 5 heteroatoms. The van der Waals surface area contributed by atoms with Crippen molar-refractivity contribution in [3.63, 3.8) is 0 Å². The second-order valence-electron chi connectivity index (χ2n) is 7.36. The lowest BCUT2D eigenvalue weighted by molar-refractivity contribution is -0.127. The van der Waals surface area contributed by atoms with Gasteiger partial charge in [0, 0.05) is 19.8 Å². The second kappa shape index (κ2) is 13.8. The molecule has 0 bridgehead atoms. The number of carbonyl (C=O) groups is 1. The Morgan fingerprint density at radius 3 is 1.74 bits per heavy atom. The molecule has 0 aromatic heterocycles. The second-order valence-corrected chi connectivity index (χ2v) is 7.36. The maximum atomic E-state index is 11.9. The molecule has 0 fully saturated rings. The van der Waals surface area contributed by atoms with Crippen LogP contribution in [-0.2, 0) is 19.0 Å². The van der Waals surface area contributed by atoms with Crippen LogP contribution in [0.2, 0.25) is 0 Å². The molecule has 0 rings (SSSR count). The van der Waals surface area contributed by atoms with E-state index in [2.05, 4.69) is 46.9 Å². The van der Waals surface area contributed by atoms with Crippen LogP contribution in [0.3, 0.4) is 0 Å². The van der Waals surface area contributed by atoms with Crippen LogP contribution >= 0.6 is 0 Å². The van der Waals surface area contributed by atoms with E-state index in [0.717, 1.165) is 6.42 Å². The molecule has 0 spiro atoms. The van der Waals surface area contributed by atoms with E-state index in [9.17, 15) is 4.79 Å². The van der Waals surface area contributed by atoms with E-state index in [1.807, 2.05) is 0 Å². The first-order chi connectivity index (χ1) is 10.8. The molecule has 0 saturated carbocycles. The first kappa shape index (κ1) is 22.4. The summed E-state index contributed by atoms with van der Waals surface area (Å²) in [4.78, 5) is 11.9. The van der Waals surface area contributed by atoms with Crippen molar-refractivity contribution in [3.05, 3.63) is 0 Å². The number of nitrogens with one attached hydrogen (secondary N) is 1. The zero-order valence-corrected chi connectivity index (χ0v) is 15.9. The number of hydrogen-bond donors (Lipinski definition) is 1. The summed E-state index contributed by atoms with van der Waals surface area (Å²) in [5, 5.41) is 2.94. The first-order valence-electron chi connectivity index (χ1n) is 8.83. The average molecular weight is 331 g/mol. The largest absolute Gasteiger partial charge is 0.379 e. The minimum atomic E-state index is -0.131. The lowest BCUT2D eigenvalue weighted by Gasteiger charge is -2.20. The zero-order valence-electron chi connectivity index (χ0n) is 15.9. The third-order valence-electron chi connectivity index (χ3n) is 2.98. The Labute approximate surface area is 142 Å². The van der Waals surface area contributed by atoms with E-state index in [0.29, 0.717) is 50.8 Å². The Morgan fingerprint density at radius 1 is 0.783 bits per heavy atom. The molecule has 0 unspecified atom stereocenters. The molecule has 23 heavy (non-hydrogen) atoms. The quantitative estimate of drug-likeness (QED) is 0.497. The van der Waals surface area contributed by atoms with Crippen molar-refractivity contribution in [2.75, 3.05) is 39.6 Å². The standard InChI is InChI=1S/C18H37NO4/c1-14(2)7-8-21-13-18(20)19-17(11-22-9-15(3)4)12-23-10-16(5)6/h14-17H,7-13H2,1-6H3,(H,19,20). The van der Waals surface area contributed by atoms with E-state index in [-0.39, 0.29) is 18.6 Å². The maximum absolute atomic E-state index is 11.9. The van der Waals surface area contributed by atoms with E-state index in [1.54, 1.807) is 0 Å². The highest BCUT2D eigenvalue weighted by Gasteiger charge is 2.14. The van der Waals surface area contributed by atoms with Gasteiger partial charge in [-0.15, -0.1) is 0 Å². The fraction of sp³-hybridized carbons (Fsp3) is 0.944. The highest BCUT2D eigenvalue weighted by Crippen LogP contribution is 2.00. The highest BCUT2D eigenvalue weighted by molar-refractivity contribution is 5.77. The molecule has 0 radical (unpaired) electrons. The van der Waals surface area contributed by atoms with Gasteiger partial charge in [-0.3, -0.25) is 4.79 Å². The molecule has 0 aliphatic heterocycles. The van der Waals surface area contributed by atoms with Gasteiger partial charge in [-0.1, -0.05) is 41.5 Å². The lowest BCUT2D eigenvalue weighted by Crippen LogP contribution is -2.43. The van der Waals surface area contributed by atoms with Crippen LogP contribution in [0, 0.1) is 17.8 Å². The van der Waals surface area contributed by atoms with E-state index >= 15 is 0 Å². The molecule has 0 saturated heterocycles. The molecule has 0 heterocycles. The highest BCUT2D eigenvalue weighted by atomic mass is 16.5. The van der Waals surface area contributed by atoms with Gasteiger partial charge in [-0.25, -0.2) is 0 Å². The molecule has 1 N–H and O–H groups in total. The van der Waals surface area contributed by atoms with Crippen molar-refractivity contribution in [1.29, 1.82) is 0 Å². The molecule has 1 amide bonds. The van der Waals surface area contributed by atoms with Crippen molar-refractivity contribution in [1.82, 2.24) is 5.32 Å². The smallest absolute Gasteiger partial charge is 0.246 e. The average Bonchev–Trinajstić information content (AvgIpc) is 2.42. The van der Waals surface area contributed by atoms with Crippen LogP contribution in [0.15, 0.2) is 0 Å². The topological polar surface area (TPSA) is 56.8 Å². The number of hydrogen-bond acceptors (Lipinski definition) is 4. The monoisotopic (exact) mass is 331 g/mol. The summed E-state index contributed by atoms with van der Waals surface area (Å²) in [7, 11) is 0. The minimum Gasteiger partial charge on any atom is -0.379 e. The normalized spacial score (nSPS) is 11.9. The van der Waals surface area contributed by atoms with Gasteiger partial charge in [0.2, 0.25) is 5.91 Å². The Bertz CT molecular complexity index is 279. The van der Waals surface area contributed by atoms with Crippen LogP contribution in [0.5, 0.6) is 0 Å². The fourth-order valence-corrected chi connectivity index (χ4v) is 1.78. The van der Waals surface area contributed by atoms with Gasteiger partial charge in [0.1, 0.15) is 6.61 Å². The summed E-state index contributed by atoms with van der Waals surface area (Å²) in [5.74, 6) is 1.42. The number of rotatable bonds is 14. The molecule has 0 aromatic rings. The molecule has 138 valence electrons. The van der Waals surface area contributed by atoms with Crippen LogP contribution in [-0.4, -0.2) is 51.6 Å². The molecule has 0 aromatic carbocycles. The van der Waals surface area contributed by atoms with Crippen molar-refractivity contribution < 1.29 is 19.0 Å². The number of amides is 1. The molecule has 0 aliphatic carbocycles. The summed E-state index contributed by atoms with van der Waals surface area (Å²) in [6, 6.07) is -0.131. The van der Waals surface area contributed by atoms with Crippen LogP contribution in [0.25, 0.3) is 0 Å². The van der Waals surface area contributed by atoms with Crippen molar-refractivity contribution in [2.45, 2.75) is 54.0 Å². The Balaban J connectivity index is 4.07. The Kier molecular flexibility index (Phi) is 13.4. The number of carbonyl (C=O) groups excluding carboxylic acids is 1.